The van der Waals surface area contributed by atoms with Gasteiger partial charge >= 0.3 is 0 Å². The van der Waals surface area contributed by atoms with Crippen LogP contribution in [0.1, 0.15) is 22.3 Å². The van der Waals surface area contributed by atoms with Gasteiger partial charge in [-0.25, -0.2) is 4.98 Å². The van der Waals surface area contributed by atoms with Crippen LogP contribution in [0.5, 0.6) is 0 Å². The molecule has 1 saturated heterocycles. The highest BCUT2D eigenvalue weighted by molar-refractivity contribution is 6.08. The fraction of sp³-hybridized carbons (Fsp3) is 0.308. The number of aromatic nitrogens is 2. The van der Waals surface area contributed by atoms with Crippen molar-refractivity contribution in [2.24, 2.45) is 35.5 Å². The van der Waals surface area contributed by atoms with E-state index in [-0.39, 0.29) is 35.5 Å². The molecule has 2 bridgehead atoms. The molecule has 8 rings (SSSR count). The number of allylic oxidation sites excluding steroid dienone is 2. The number of rotatable bonds is 4. The molecule has 7 nitrogen and oxygen atoms in total. The zero-order valence-electron chi connectivity index (χ0n) is 17.8. The Hall–Kier alpha value is -3.74. The van der Waals surface area contributed by atoms with Crippen LogP contribution in [0.2, 0.25) is 0 Å². The van der Waals surface area contributed by atoms with Crippen molar-refractivity contribution in [3.63, 3.8) is 0 Å². The van der Waals surface area contributed by atoms with E-state index < -0.39 is 5.91 Å². The number of hydrogen-bond donors (Lipinski definition) is 1. The topological polar surface area (TPSA) is 84.3 Å². The molecule has 3 amide bonds. The Balaban J connectivity index is 1.07. The number of nitrogens with one attached hydrogen (secondary N) is 1. The molecule has 164 valence electrons. The molecule has 2 aromatic carbocycles. The number of imidazole rings is 1. The van der Waals surface area contributed by atoms with Gasteiger partial charge in [-0.1, -0.05) is 36.4 Å². The molecule has 5 aliphatic rings. The number of fused-ring (bicyclic) bond motifs is 1. The summed E-state index contributed by atoms with van der Waals surface area (Å²) in [6.07, 6.45) is 7.17. The zero-order valence-corrected chi connectivity index (χ0v) is 17.8. The Labute approximate surface area is 190 Å². The second-order valence-corrected chi connectivity index (χ2v) is 9.67. The lowest BCUT2D eigenvalue weighted by atomic mass is 9.63. The Morgan fingerprint density at radius 3 is 2.30 bits per heavy atom. The predicted molar refractivity (Wildman–Crippen MR) is 119 cm³/mol. The molecule has 0 radical (unpaired) electrons. The zero-order chi connectivity index (χ0) is 22.3. The van der Waals surface area contributed by atoms with Crippen LogP contribution in [0.4, 0.5) is 0 Å². The third kappa shape index (κ3) is 2.68. The standard InChI is InChI=1S/C26H22N4O3/c31-24(15-7-5-14(6-8-15)12-29-13-27-20-3-1-2-4-21(20)29)28-30-25(32)22-16-9-10-17(19-11-18(16)19)23(22)26(30)33/h1-10,13,16-19,22-23H,11-12H2,(H,28,31)/t16-,17+,18+,19-,22-,23+. The van der Waals surface area contributed by atoms with E-state index in [4.69, 9.17) is 0 Å². The SMILES string of the molecule is O=C(NN1C(=O)[C@@H]2[C@@H]3C=C[C@@H]([C@H]4C[C@@H]34)[C@@H]2C1=O)c1ccc(Cn2cnc3ccccc32)cc1. The molecule has 1 N–H and O–H groups in total. The summed E-state index contributed by atoms with van der Waals surface area (Å²) < 4.78 is 2.06. The van der Waals surface area contributed by atoms with Gasteiger partial charge < -0.3 is 4.57 Å². The van der Waals surface area contributed by atoms with Crippen molar-refractivity contribution in [1.82, 2.24) is 20.0 Å². The maximum Gasteiger partial charge on any atom is 0.270 e. The summed E-state index contributed by atoms with van der Waals surface area (Å²) in [5.74, 6) is -0.238. The molecule has 7 heteroatoms. The number of hydrazine groups is 1. The van der Waals surface area contributed by atoms with Crippen molar-refractivity contribution >= 4 is 28.8 Å². The first-order valence-corrected chi connectivity index (χ1v) is 11.5. The van der Waals surface area contributed by atoms with E-state index >= 15 is 0 Å². The average Bonchev–Trinajstić information content (AvgIpc) is 3.53. The van der Waals surface area contributed by atoms with Crippen LogP contribution in [-0.4, -0.2) is 32.3 Å². The summed E-state index contributed by atoms with van der Waals surface area (Å²) >= 11 is 0. The Morgan fingerprint density at radius 1 is 0.939 bits per heavy atom. The highest BCUT2D eigenvalue weighted by atomic mass is 16.2. The van der Waals surface area contributed by atoms with E-state index in [9.17, 15) is 14.4 Å². The molecule has 3 fully saturated rings. The van der Waals surface area contributed by atoms with Crippen molar-refractivity contribution in [3.8, 4) is 0 Å². The molecule has 6 atom stereocenters. The minimum atomic E-state index is -0.444. The van der Waals surface area contributed by atoms with Gasteiger partial charge in [-0.05, 0) is 59.9 Å². The summed E-state index contributed by atoms with van der Waals surface area (Å²) in [6, 6.07) is 15.2. The largest absolute Gasteiger partial charge is 0.326 e. The predicted octanol–water partition coefficient (Wildman–Crippen LogP) is 2.78. The van der Waals surface area contributed by atoms with Gasteiger partial charge in [-0.3, -0.25) is 19.8 Å². The molecular formula is C26H22N4O3. The van der Waals surface area contributed by atoms with Crippen LogP contribution >= 0.6 is 0 Å². The van der Waals surface area contributed by atoms with E-state index in [0.717, 1.165) is 28.0 Å². The Kier molecular flexibility index (Phi) is 3.78. The van der Waals surface area contributed by atoms with Gasteiger partial charge in [0, 0.05) is 12.1 Å². The van der Waals surface area contributed by atoms with Gasteiger partial charge in [0.1, 0.15) is 0 Å². The van der Waals surface area contributed by atoms with Crippen LogP contribution in [0, 0.1) is 35.5 Å². The third-order valence-corrected chi connectivity index (χ3v) is 7.97. The number of carbonyl (C=O) groups excluding carboxylic acids is 3. The average molecular weight is 438 g/mol. The lowest BCUT2D eigenvalue weighted by Crippen LogP contribution is -2.46. The smallest absolute Gasteiger partial charge is 0.270 e. The van der Waals surface area contributed by atoms with Crippen molar-refractivity contribution in [2.75, 3.05) is 0 Å². The number of nitrogens with zero attached hydrogens (tertiary/aromatic N) is 3. The van der Waals surface area contributed by atoms with E-state index in [0.29, 0.717) is 23.9 Å². The van der Waals surface area contributed by atoms with Crippen molar-refractivity contribution in [1.29, 1.82) is 0 Å². The first kappa shape index (κ1) is 18.8. The van der Waals surface area contributed by atoms with Crippen LogP contribution in [0.25, 0.3) is 11.0 Å². The molecule has 4 aliphatic carbocycles. The molecule has 1 aliphatic heterocycles. The number of amides is 3. The second kappa shape index (κ2) is 6.63. The molecule has 0 spiro atoms. The first-order valence-electron chi connectivity index (χ1n) is 11.5. The van der Waals surface area contributed by atoms with Gasteiger partial charge in [0.25, 0.3) is 17.7 Å². The lowest BCUT2D eigenvalue weighted by molar-refractivity contribution is -0.143. The van der Waals surface area contributed by atoms with E-state index in [1.54, 1.807) is 18.5 Å². The first-order chi connectivity index (χ1) is 16.1. The normalized spacial score (nSPS) is 31.1. The van der Waals surface area contributed by atoms with Crippen LogP contribution in [0.15, 0.2) is 67.0 Å². The molecule has 2 saturated carbocycles. The minimum absolute atomic E-state index is 0.141. The monoisotopic (exact) mass is 438 g/mol. The highest BCUT2D eigenvalue weighted by Gasteiger charge is 2.67. The second-order valence-electron chi connectivity index (χ2n) is 9.67. The van der Waals surface area contributed by atoms with Gasteiger partial charge in [0.05, 0.1) is 29.2 Å². The molecule has 33 heavy (non-hydrogen) atoms. The number of carbonyl (C=O) groups is 3. The van der Waals surface area contributed by atoms with Gasteiger partial charge in [0.15, 0.2) is 0 Å². The van der Waals surface area contributed by atoms with Gasteiger partial charge in [-0.15, -0.1) is 0 Å². The van der Waals surface area contributed by atoms with Crippen molar-refractivity contribution < 1.29 is 14.4 Å². The fourth-order valence-electron chi connectivity index (χ4n) is 6.33. The van der Waals surface area contributed by atoms with Crippen LogP contribution < -0.4 is 5.43 Å². The Bertz CT molecular complexity index is 1320. The number of benzene rings is 2. The number of para-hydroxylation sites is 2. The summed E-state index contributed by atoms with van der Waals surface area (Å²) in [5, 5.41) is 0.987. The van der Waals surface area contributed by atoms with Gasteiger partial charge in [-0.2, -0.15) is 5.01 Å². The van der Waals surface area contributed by atoms with Crippen molar-refractivity contribution in [2.45, 2.75) is 13.0 Å². The summed E-state index contributed by atoms with van der Waals surface area (Å²) in [5.41, 5.74) is 6.01. The maximum absolute atomic E-state index is 13.1. The molecule has 1 aromatic heterocycles. The van der Waals surface area contributed by atoms with E-state index in [1.807, 2.05) is 36.4 Å². The molecule has 2 heterocycles. The van der Waals surface area contributed by atoms with Crippen molar-refractivity contribution in [3.05, 3.63) is 78.1 Å². The lowest BCUT2D eigenvalue weighted by Gasteiger charge is -2.37. The minimum Gasteiger partial charge on any atom is -0.326 e. The van der Waals surface area contributed by atoms with Crippen LogP contribution in [0.3, 0.4) is 0 Å². The molecule has 3 aromatic rings. The molecule has 0 unspecified atom stereocenters. The maximum atomic E-state index is 13.1. The van der Waals surface area contributed by atoms with E-state index in [2.05, 4.69) is 27.1 Å². The fourth-order valence-corrected chi connectivity index (χ4v) is 6.33. The quantitative estimate of drug-likeness (QED) is 0.502. The summed E-state index contributed by atoms with van der Waals surface area (Å²) in [6.45, 7) is 0.632. The summed E-state index contributed by atoms with van der Waals surface area (Å²) in [4.78, 5) is 43.4. The van der Waals surface area contributed by atoms with E-state index in [1.165, 1.54) is 0 Å². The molecular weight excluding hydrogens is 416 g/mol. The number of imide groups is 1. The number of hydrogen-bond acceptors (Lipinski definition) is 4. The Morgan fingerprint density at radius 2 is 1.61 bits per heavy atom. The highest BCUT2D eigenvalue weighted by Crippen LogP contribution is 2.65. The van der Waals surface area contributed by atoms with Gasteiger partial charge in [0.2, 0.25) is 0 Å². The summed E-state index contributed by atoms with van der Waals surface area (Å²) in [7, 11) is 0. The van der Waals surface area contributed by atoms with Crippen LogP contribution in [-0.2, 0) is 16.1 Å². The third-order valence-electron chi connectivity index (χ3n) is 7.97.